The lowest BCUT2D eigenvalue weighted by atomic mass is 10.00. The Hall–Kier alpha value is -3.27. The first-order chi connectivity index (χ1) is 16.8. The van der Waals surface area contributed by atoms with Gasteiger partial charge < -0.3 is 4.57 Å². The van der Waals surface area contributed by atoms with E-state index in [1.54, 1.807) is 26.2 Å². The fraction of sp³-hybridized carbons (Fsp3) is 0.346. The zero-order valence-corrected chi connectivity index (χ0v) is 21.7. The van der Waals surface area contributed by atoms with Gasteiger partial charge in [0.05, 0.1) is 16.3 Å². The van der Waals surface area contributed by atoms with Gasteiger partial charge in [0.1, 0.15) is 11.4 Å². The van der Waals surface area contributed by atoms with E-state index in [0.29, 0.717) is 17.2 Å². The van der Waals surface area contributed by atoms with Crippen molar-refractivity contribution in [3.8, 4) is 22.6 Å². The molecule has 0 amide bonds. The van der Waals surface area contributed by atoms with Crippen LogP contribution in [0.1, 0.15) is 37.7 Å². The summed E-state index contributed by atoms with van der Waals surface area (Å²) in [5.74, 6) is 0.469. The molecule has 3 aromatic rings. The summed E-state index contributed by atoms with van der Waals surface area (Å²) in [5.41, 5.74) is 1.86. The van der Waals surface area contributed by atoms with E-state index in [-0.39, 0.29) is 27.9 Å². The summed E-state index contributed by atoms with van der Waals surface area (Å²) in [4.78, 5) is 11.8. The second-order valence-corrected chi connectivity index (χ2v) is 11.2. The number of alkyl halides is 3. The van der Waals surface area contributed by atoms with Crippen molar-refractivity contribution in [3.63, 3.8) is 0 Å². The summed E-state index contributed by atoms with van der Waals surface area (Å²) < 4.78 is 67.2. The molecule has 0 atom stereocenters. The maximum absolute atomic E-state index is 13.2. The van der Waals surface area contributed by atoms with Crippen LogP contribution in [0, 0.1) is 12.8 Å². The van der Waals surface area contributed by atoms with E-state index in [1.165, 1.54) is 17.1 Å². The zero-order chi connectivity index (χ0) is 26.8. The number of nitrogens with zero attached hydrogens (tertiary/aromatic N) is 4. The number of aliphatic imine (C=N–C) groups is 1. The molecule has 1 aromatic carbocycles. The third kappa shape index (κ3) is 5.75. The third-order valence-corrected chi connectivity index (χ3v) is 7.60. The van der Waals surface area contributed by atoms with E-state index in [2.05, 4.69) is 35.5 Å². The van der Waals surface area contributed by atoms with Crippen molar-refractivity contribution in [1.82, 2.24) is 14.5 Å². The van der Waals surface area contributed by atoms with Crippen LogP contribution in [0.2, 0.25) is 0 Å². The predicted octanol–water partition coefficient (Wildman–Crippen LogP) is 6.05. The Morgan fingerprint density at radius 2 is 1.83 bits per heavy atom. The van der Waals surface area contributed by atoms with Crippen LogP contribution >= 0.6 is 0 Å². The Kier molecular flexibility index (Phi) is 7.88. The van der Waals surface area contributed by atoms with Gasteiger partial charge in [0, 0.05) is 24.5 Å². The van der Waals surface area contributed by atoms with Crippen LogP contribution in [-0.2, 0) is 23.3 Å². The second-order valence-electron chi connectivity index (χ2n) is 8.92. The molecule has 0 saturated carbocycles. The first-order valence-corrected chi connectivity index (χ1v) is 13.0. The van der Waals surface area contributed by atoms with E-state index < -0.39 is 21.7 Å². The molecular formula is C26H29F3N4O2S. The van der Waals surface area contributed by atoms with Crippen molar-refractivity contribution in [2.24, 2.45) is 18.0 Å². The summed E-state index contributed by atoms with van der Waals surface area (Å²) >= 11 is 0. The van der Waals surface area contributed by atoms with Crippen LogP contribution in [0.5, 0.6) is 0 Å². The molecule has 0 N–H and O–H groups in total. The highest BCUT2D eigenvalue weighted by Crippen LogP contribution is 2.33. The van der Waals surface area contributed by atoms with Gasteiger partial charge in [0.15, 0.2) is 15.7 Å². The minimum Gasteiger partial charge on any atom is -0.329 e. The van der Waals surface area contributed by atoms with Crippen LogP contribution in [0.25, 0.3) is 28.7 Å². The Morgan fingerprint density at radius 1 is 1.19 bits per heavy atom. The van der Waals surface area contributed by atoms with Crippen molar-refractivity contribution in [3.05, 3.63) is 59.2 Å². The first-order valence-electron chi connectivity index (χ1n) is 11.4. The Bertz CT molecular complexity index is 1400. The molecule has 0 spiro atoms. The van der Waals surface area contributed by atoms with E-state index >= 15 is 0 Å². The van der Waals surface area contributed by atoms with Crippen LogP contribution in [0.3, 0.4) is 0 Å². The number of halogens is 3. The molecule has 2 heterocycles. The molecule has 0 fully saturated rings. The normalized spacial score (nSPS) is 12.9. The van der Waals surface area contributed by atoms with Gasteiger partial charge in [-0.3, -0.25) is 9.98 Å². The highest BCUT2D eigenvalue weighted by Gasteiger charge is 2.34. The van der Waals surface area contributed by atoms with Crippen molar-refractivity contribution >= 4 is 22.6 Å². The van der Waals surface area contributed by atoms with Gasteiger partial charge in [-0.15, -0.1) is 0 Å². The van der Waals surface area contributed by atoms with Crippen molar-refractivity contribution in [1.29, 1.82) is 0 Å². The minimum absolute atomic E-state index is 0.00121. The van der Waals surface area contributed by atoms with Crippen LogP contribution in [-0.4, -0.2) is 41.6 Å². The zero-order valence-electron chi connectivity index (χ0n) is 20.9. The van der Waals surface area contributed by atoms with Gasteiger partial charge >= 0.3 is 6.18 Å². The number of imidazole rings is 1. The summed E-state index contributed by atoms with van der Waals surface area (Å²) in [6.45, 7) is 10.4. The van der Waals surface area contributed by atoms with Gasteiger partial charge in [-0.25, -0.2) is 13.4 Å². The SMILES string of the molecule is C=N/C(=C\c1nc(-c2ncc(-c3ccc(CC(C)C)cc3)cc2S(=O)(=O)CC)n(C)c1C)C(F)(F)F. The molecule has 0 radical (unpaired) electrons. The lowest BCUT2D eigenvalue weighted by Crippen LogP contribution is -2.09. The first kappa shape index (κ1) is 27.3. The minimum atomic E-state index is -4.70. The number of sulfone groups is 1. The number of hydrogen-bond acceptors (Lipinski definition) is 5. The largest absolute Gasteiger partial charge is 0.433 e. The molecule has 6 nitrogen and oxygen atoms in total. The number of hydrogen-bond donors (Lipinski definition) is 0. The highest BCUT2D eigenvalue weighted by molar-refractivity contribution is 7.91. The number of allylic oxidation sites excluding steroid dienone is 1. The molecule has 3 rings (SSSR count). The number of aromatic nitrogens is 3. The van der Waals surface area contributed by atoms with Gasteiger partial charge in [-0.05, 0) is 49.2 Å². The van der Waals surface area contributed by atoms with E-state index in [0.717, 1.165) is 18.1 Å². The molecule has 36 heavy (non-hydrogen) atoms. The van der Waals surface area contributed by atoms with Crippen molar-refractivity contribution in [2.75, 3.05) is 5.75 Å². The molecule has 0 aliphatic heterocycles. The predicted molar refractivity (Wildman–Crippen MR) is 136 cm³/mol. The summed E-state index contributed by atoms with van der Waals surface area (Å²) in [5, 5.41) is 0. The van der Waals surface area contributed by atoms with Crippen LogP contribution in [0.15, 0.2) is 52.1 Å². The smallest absolute Gasteiger partial charge is 0.329 e. The highest BCUT2D eigenvalue weighted by atomic mass is 32.2. The fourth-order valence-corrected chi connectivity index (χ4v) is 4.82. The van der Waals surface area contributed by atoms with Gasteiger partial charge in [-0.1, -0.05) is 45.0 Å². The average molecular weight is 519 g/mol. The Labute approximate surface area is 209 Å². The fourth-order valence-electron chi connectivity index (χ4n) is 3.76. The van der Waals surface area contributed by atoms with E-state index in [9.17, 15) is 21.6 Å². The Morgan fingerprint density at radius 3 is 2.36 bits per heavy atom. The molecule has 0 saturated heterocycles. The quantitative estimate of drug-likeness (QED) is 0.340. The standard InChI is InChI=1S/C26H29F3N4O2S/c1-7-36(34,35)22-13-20(19-10-8-18(9-11-19)12-16(2)3)15-31-24(22)25-32-21(17(4)33(25)6)14-23(30-5)26(27,28)29/h8-11,13-16H,5,7,12H2,1-4,6H3/b23-14-. The summed E-state index contributed by atoms with van der Waals surface area (Å²) in [6, 6.07) is 9.40. The maximum Gasteiger partial charge on any atom is 0.433 e. The third-order valence-electron chi connectivity index (χ3n) is 5.86. The topological polar surface area (TPSA) is 77.2 Å². The monoisotopic (exact) mass is 518 g/mol. The molecule has 0 aliphatic rings. The van der Waals surface area contributed by atoms with Crippen molar-refractivity contribution < 1.29 is 21.6 Å². The lowest BCUT2D eigenvalue weighted by Gasteiger charge is -2.12. The molecule has 192 valence electrons. The summed E-state index contributed by atoms with van der Waals surface area (Å²) in [7, 11) is -2.15. The van der Waals surface area contributed by atoms with Gasteiger partial charge in [0.25, 0.3) is 0 Å². The van der Waals surface area contributed by atoms with E-state index in [4.69, 9.17) is 0 Å². The van der Waals surface area contributed by atoms with Gasteiger partial charge in [-0.2, -0.15) is 13.2 Å². The van der Waals surface area contributed by atoms with Crippen molar-refractivity contribution in [2.45, 2.75) is 45.2 Å². The van der Waals surface area contributed by atoms with Gasteiger partial charge in [0.2, 0.25) is 0 Å². The Balaban J connectivity index is 2.16. The summed E-state index contributed by atoms with van der Waals surface area (Å²) in [6.07, 6.45) is -1.44. The van der Waals surface area contributed by atoms with Crippen LogP contribution in [0.4, 0.5) is 13.2 Å². The molecule has 0 bridgehead atoms. The number of benzene rings is 1. The van der Waals surface area contributed by atoms with Crippen LogP contribution < -0.4 is 0 Å². The molecule has 10 heteroatoms. The molecule has 2 aromatic heterocycles. The maximum atomic E-state index is 13.2. The number of pyridine rings is 1. The average Bonchev–Trinajstić information content (AvgIpc) is 3.09. The number of rotatable bonds is 8. The lowest BCUT2D eigenvalue weighted by molar-refractivity contribution is -0.0912. The second kappa shape index (κ2) is 10.4. The molecule has 0 unspecified atom stereocenters. The molecule has 0 aliphatic carbocycles. The molecular weight excluding hydrogens is 489 g/mol. The van der Waals surface area contributed by atoms with E-state index in [1.807, 2.05) is 24.3 Å².